The fraction of sp³-hybridized carbons (Fsp3) is 0.357. The highest BCUT2D eigenvalue weighted by Gasteiger charge is 2.36. The lowest BCUT2D eigenvalue weighted by atomic mass is 9.76. The van der Waals surface area contributed by atoms with Gasteiger partial charge in [0, 0.05) is 13.7 Å². The molecule has 0 amide bonds. The van der Waals surface area contributed by atoms with Crippen molar-refractivity contribution in [2.24, 2.45) is 0 Å². The highest BCUT2D eigenvalue weighted by Crippen LogP contribution is 2.42. The Hall–Kier alpha value is -2.42. The molecule has 0 fully saturated rings. The predicted molar refractivity (Wildman–Crippen MR) is 127 cm³/mol. The van der Waals surface area contributed by atoms with Crippen LogP contribution >= 0.6 is 0 Å². The van der Waals surface area contributed by atoms with Gasteiger partial charge in [0.1, 0.15) is 0 Å². The molecule has 0 bridgehead atoms. The van der Waals surface area contributed by atoms with Gasteiger partial charge in [0.05, 0.1) is 5.60 Å². The number of aryl methyl sites for hydroxylation is 2. The summed E-state index contributed by atoms with van der Waals surface area (Å²) < 4.78 is 6.15. The van der Waals surface area contributed by atoms with E-state index in [1.54, 1.807) is 0 Å². The van der Waals surface area contributed by atoms with E-state index in [-0.39, 0.29) is 5.60 Å². The maximum absolute atomic E-state index is 6.15. The van der Waals surface area contributed by atoms with Crippen molar-refractivity contribution in [3.8, 4) is 22.3 Å². The molecule has 0 aromatic heterocycles. The van der Waals surface area contributed by atoms with Gasteiger partial charge in [-0.2, -0.15) is 0 Å². The van der Waals surface area contributed by atoms with Crippen LogP contribution in [0.4, 0.5) is 0 Å². The van der Waals surface area contributed by atoms with Gasteiger partial charge >= 0.3 is 0 Å². The molecule has 2 heteroatoms. The van der Waals surface area contributed by atoms with Crippen molar-refractivity contribution in [1.29, 1.82) is 0 Å². The summed E-state index contributed by atoms with van der Waals surface area (Å²) in [6.45, 7) is 3.16. The van der Waals surface area contributed by atoms with Gasteiger partial charge in [0.15, 0.2) is 0 Å². The zero-order valence-electron chi connectivity index (χ0n) is 18.7. The van der Waals surface area contributed by atoms with Gasteiger partial charge in [0.25, 0.3) is 0 Å². The average molecular weight is 400 g/mol. The van der Waals surface area contributed by atoms with Crippen LogP contribution < -0.4 is 0 Å². The second-order valence-electron chi connectivity index (χ2n) is 8.92. The monoisotopic (exact) mass is 399 g/mol. The number of methoxy groups -OCH3 is 1. The van der Waals surface area contributed by atoms with Gasteiger partial charge in [-0.1, -0.05) is 72.3 Å². The summed E-state index contributed by atoms with van der Waals surface area (Å²) in [5.41, 5.74) is 9.08. The number of ether oxygens (including phenoxy) is 1. The largest absolute Gasteiger partial charge is 0.373 e. The Labute approximate surface area is 181 Å². The van der Waals surface area contributed by atoms with Crippen LogP contribution in [0.2, 0.25) is 0 Å². The van der Waals surface area contributed by atoms with Crippen LogP contribution in [-0.2, 0) is 16.8 Å². The molecule has 0 saturated heterocycles. The minimum atomic E-state index is -0.147. The first-order valence-corrected chi connectivity index (χ1v) is 11.0. The third-order valence-electron chi connectivity index (χ3n) is 6.58. The molecule has 30 heavy (non-hydrogen) atoms. The summed E-state index contributed by atoms with van der Waals surface area (Å²) in [6.07, 6.45) is 4.46. The third-order valence-corrected chi connectivity index (χ3v) is 6.58. The number of nitrogens with zero attached hydrogens (tertiary/aromatic N) is 1. The summed E-state index contributed by atoms with van der Waals surface area (Å²) in [6, 6.07) is 24.7. The van der Waals surface area contributed by atoms with E-state index in [0.717, 1.165) is 25.8 Å². The SMILES string of the molecule is COC1(CCN(C)C)CCCc2cc(-c3ccc(-c4ccc(C)cc4)cc3)ccc21. The molecule has 1 atom stereocenters. The molecule has 0 heterocycles. The van der Waals surface area contributed by atoms with E-state index in [1.807, 2.05) is 7.11 Å². The van der Waals surface area contributed by atoms with Crippen LogP contribution in [0.5, 0.6) is 0 Å². The molecule has 3 aromatic carbocycles. The molecule has 156 valence electrons. The van der Waals surface area contributed by atoms with E-state index in [4.69, 9.17) is 4.74 Å². The molecule has 1 aliphatic carbocycles. The van der Waals surface area contributed by atoms with E-state index in [1.165, 1.54) is 45.4 Å². The van der Waals surface area contributed by atoms with Crippen molar-refractivity contribution in [2.75, 3.05) is 27.7 Å². The van der Waals surface area contributed by atoms with Crippen molar-refractivity contribution in [2.45, 2.75) is 38.2 Å². The summed E-state index contributed by atoms with van der Waals surface area (Å²) in [5, 5.41) is 0. The van der Waals surface area contributed by atoms with Crippen LogP contribution in [0.15, 0.2) is 66.7 Å². The van der Waals surface area contributed by atoms with Crippen molar-refractivity contribution in [3.05, 3.63) is 83.4 Å². The summed E-state index contributed by atoms with van der Waals surface area (Å²) in [5.74, 6) is 0. The van der Waals surface area contributed by atoms with Crippen molar-refractivity contribution < 1.29 is 4.74 Å². The van der Waals surface area contributed by atoms with Gasteiger partial charge in [-0.05, 0) is 80.1 Å². The number of hydrogen-bond donors (Lipinski definition) is 0. The van der Waals surface area contributed by atoms with Gasteiger partial charge in [-0.25, -0.2) is 0 Å². The Balaban J connectivity index is 1.61. The fourth-order valence-corrected chi connectivity index (χ4v) is 4.70. The van der Waals surface area contributed by atoms with E-state index in [0.29, 0.717) is 0 Å². The molecular formula is C28H33NO. The van der Waals surface area contributed by atoms with E-state index < -0.39 is 0 Å². The Morgan fingerprint density at radius 1 is 0.833 bits per heavy atom. The smallest absolute Gasteiger partial charge is 0.0942 e. The Kier molecular flexibility index (Phi) is 6.08. The highest BCUT2D eigenvalue weighted by molar-refractivity contribution is 5.71. The molecular weight excluding hydrogens is 366 g/mol. The molecule has 0 aliphatic heterocycles. The number of hydrogen-bond acceptors (Lipinski definition) is 2. The molecule has 0 N–H and O–H groups in total. The maximum Gasteiger partial charge on any atom is 0.0942 e. The quantitative estimate of drug-likeness (QED) is 0.472. The topological polar surface area (TPSA) is 12.5 Å². The number of fused-ring (bicyclic) bond motifs is 1. The van der Waals surface area contributed by atoms with Crippen LogP contribution in [0.1, 0.15) is 36.0 Å². The van der Waals surface area contributed by atoms with Crippen molar-refractivity contribution in [3.63, 3.8) is 0 Å². The summed E-state index contributed by atoms with van der Waals surface area (Å²) >= 11 is 0. The first-order valence-electron chi connectivity index (χ1n) is 11.0. The Bertz CT molecular complexity index is 988. The van der Waals surface area contributed by atoms with Gasteiger partial charge < -0.3 is 9.64 Å². The normalized spacial score (nSPS) is 18.4. The predicted octanol–water partition coefficient (Wildman–Crippen LogP) is 6.46. The van der Waals surface area contributed by atoms with Crippen LogP contribution in [0.25, 0.3) is 22.3 Å². The minimum Gasteiger partial charge on any atom is -0.373 e. The average Bonchev–Trinajstić information content (AvgIpc) is 2.78. The lowest BCUT2D eigenvalue weighted by Crippen LogP contribution is -2.36. The molecule has 1 aliphatic rings. The molecule has 4 rings (SSSR count). The first-order chi connectivity index (χ1) is 14.5. The number of benzene rings is 3. The van der Waals surface area contributed by atoms with E-state index >= 15 is 0 Å². The van der Waals surface area contributed by atoms with E-state index in [9.17, 15) is 0 Å². The summed E-state index contributed by atoms with van der Waals surface area (Å²) in [7, 11) is 6.15. The zero-order chi connectivity index (χ0) is 21.1. The molecule has 0 radical (unpaired) electrons. The first kappa shape index (κ1) is 20.8. The van der Waals surface area contributed by atoms with Crippen LogP contribution in [0.3, 0.4) is 0 Å². The third kappa shape index (κ3) is 4.21. The Morgan fingerprint density at radius 3 is 2.00 bits per heavy atom. The second kappa shape index (κ2) is 8.75. The van der Waals surface area contributed by atoms with Gasteiger partial charge in [0.2, 0.25) is 0 Å². The highest BCUT2D eigenvalue weighted by atomic mass is 16.5. The van der Waals surface area contributed by atoms with Crippen molar-refractivity contribution >= 4 is 0 Å². The van der Waals surface area contributed by atoms with Gasteiger partial charge in [-0.15, -0.1) is 0 Å². The van der Waals surface area contributed by atoms with Gasteiger partial charge in [-0.3, -0.25) is 0 Å². The molecule has 2 nitrogen and oxygen atoms in total. The lowest BCUT2D eigenvalue weighted by molar-refractivity contribution is -0.0401. The minimum absolute atomic E-state index is 0.147. The second-order valence-corrected chi connectivity index (χ2v) is 8.92. The van der Waals surface area contributed by atoms with E-state index in [2.05, 4.69) is 92.6 Å². The molecule has 1 unspecified atom stereocenters. The molecule has 3 aromatic rings. The zero-order valence-corrected chi connectivity index (χ0v) is 18.7. The molecule has 0 saturated carbocycles. The molecule has 0 spiro atoms. The van der Waals surface area contributed by atoms with Crippen LogP contribution in [0, 0.1) is 6.92 Å². The standard InChI is InChI=1S/C28H33NO/c1-21-7-9-22(10-8-21)23-11-13-24(14-12-23)25-15-16-27-26(20-25)6-5-17-28(27,30-4)18-19-29(2)3/h7-16,20H,5-6,17-19H2,1-4H3. The number of rotatable bonds is 6. The lowest BCUT2D eigenvalue weighted by Gasteiger charge is -2.39. The fourth-order valence-electron chi connectivity index (χ4n) is 4.70. The summed E-state index contributed by atoms with van der Waals surface area (Å²) in [4.78, 5) is 2.25. The maximum atomic E-state index is 6.15. The van der Waals surface area contributed by atoms with Crippen molar-refractivity contribution in [1.82, 2.24) is 4.90 Å². The Morgan fingerprint density at radius 2 is 1.40 bits per heavy atom. The van der Waals surface area contributed by atoms with Crippen LogP contribution in [-0.4, -0.2) is 32.6 Å².